The minimum absolute atomic E-state index is 0.657. The van der Waals surface area contributed by atoms with Crippen molar-refractivity contribution in [3.63, 3.8) is 0 Å². The summed E-state index contributed by atoms with van der Waals surface area (Å²) >= 11 is 3.35. The first-order valence-electron chi connectivity index (χ1n) is 4.20. The molecule has 3 aromatic heterocycles. The number of pyridine rings is 1. The Balaban J connectivity index is 2.22. The van der Waals surface area contributed by atoms with E-state index in [4.69, 9.17) is 0 Å². The smallest absolute Gasteiger partial charge is 0.178 e. The molecule has 0 saturated carbocycles. The highest BCUT2D eigenvalue weighted by atomic mass is 79.9. The van der Waals surface area contributed by atoms with Gasteiger partial charge in [0, 0.05) is 10.7 Å². The van der Waals surface area contributed by atoms with E-state index in [-0.39, 0.29) is 0 Å². The quantitative estimate of drug-likeness (QED) is 0.698. The minimum atomic E-state index is 0.657. The number of hydrogen-bond acceptors (Lipinski definition) is 4. The van der Waals surface area contributed by atoms with Crippen molar-refractivity contribution in [3.05, 3.63) is 22.9 Å². The second kappa shape index (κ2) is 3.13. The number of nitrogens with zero attached hydrogens (tertiary/aromatic N) is 4. The van der Waals surface area contributed by atoms with E-state index in [1.165, 1.54) is 0 Å². The number of halogens is 1. The molecule has 0 bridgehead atoms. The molecule has 0 aliphatic heterocycles. The fourth-order valence-corrected chi connectivity index (χ4v) is 1.64. The SMILES string of the molecule is Brc1cnc2nc(-c3cn[nH]n3)[nH]c2c1. The lowest BCUT2D eigenvalue weighted by molar-refractivity contribution is 0.940. The summed E-state index contributed by atoms with van der Waals surface area (Å²) in [7, 11) is 0. The number of hydrogen-bond donors (Lipinski definition) is 2. The second-order valence-corrected chi connectivity index (χ2v) is 3.88. The molecule has 15 heavy (non-hydrogen) atoms. The molecule has 2 N–H and O–H groups in total. The van der Waals surface area contributed by atoms with Gasteiger partial charge in [-0.1, -0.05) is 0 Å². The summed E-state index contributed by atoms with van der Waals surface area (Å²) in [5.74, 6) is 0.657. The fraction of sp³-hybridized carbons (Fsp3) is 0. The predicted molar refractivity (Wildman–Crippen MR) is 57.0 cm³/mol. The van der Waals surface area contributed by atoms with Crippen LogP contribution in [0.1, 0.15) is 0 Å². The second-order valence-electron chi connectivity index (χ2n) is 2.97. The van der Waals surface area contributed by atoms with Crippen LogP contribution in [0.25, 0.3) is 22.7 Å². The van der Waals surface area contributed by atoms with Crippen molar-refractivity contribution in [3.8, 4) is 11.5 Å². The van der Waals surface area contributed by atoms with Crippen LogP contribution in [0.3, 0.4) is 0 Å². The van der Waals surface area contributed by atoms with E-state index in [9.17, 15) is 0 Å². The minimum Gasteiger partial charge on any atom is -0.335 e. The predicted octanol–water partition coefficient (Wildman–Crippen LogP) is 1.51. The average molecular weight is 265 g/mol. The molecule has 0 aliphatic carbocycles. The molecule has 0 unspecified atom stereocenters. The van der Waals surface area contributed by atoms with Gasteiger partial charge in [-0.3, -0.25) is 0 Å². The number of H-pyrrole nitrogens is 2. The van der Waals surface area contributed by atoms with Crippen LogP contribution in [0.5, 0.6) is 0 Å². The molecule has 0 fully saturated rings. The van der Waals surface area contributed by atoms with Crippen molar-refractivity contribution >= 4 is 27.1 Å². The lowest BCUT2D eigenvalue weighted by Crippen LogP contribution is -1.79. The molecule has 0 amide bonds. The Morgan fingerprint density at radius 3 is 3.00 bits per heavy atom. The number of nitrogens with one attached hydrogen (secondary N) is 2. The third-order valence-corrected chi connectivity index (χ3v) is 2.40. The first-order valence-corrected chi connectivity index (χ1v) is 4.99. The van der Waals surface area contributed by atoms with Gasteiger partial charge in [0.2, 0.25) is 0 Å². The van der Waals surface area contributed by atoms with Gasteiger partial charge in [-0.25, -0.2) is 9.97 Å². The summed E-state index contributed by atoms with van der Waals surface area (Å²) in [4.78, 5) is 11.6. The summed E-state index contributed by atoms with van der Waals surface area (Å²) < 4.78 is 0.908. The van der Waals surface area contributed by atoms with Crippen molar-refractivity contribution in [2.24, 2.45) is 0 Å². The van der Waals surface area contributed by atoms with Gasteiger partial charge in [0.15, 0.2) is 11.5 Å². The van der Waals surface area contributed by atoms with E-state index < -0.39 is 0 Å². The molecule has 6 nitrogen and oxygen atoms in total. The van der Waals surface area contributed by atoms with E-state index in [2.05, 4.69) is 46.3 Å². The van der Waals surface area contributed by atoms with Crippen LogP contribution in [0, 0.1) is 0 Å². The highest BCUT2D eigenvalue weighted by Gasteiger charge is 2.08. The fourth-order valence-electron chi connectivity index (χ4n) is 1.31. The molecular weight excluding hydrogens is 260 g/mol. The third kappa shape index (κ3) is 1.40. The summed E-state index contributed by atoms with van der Waals surface area (Å²) in [5.41, 5.74) is 2.20. The Hall–Kier alpha value is -1.76. The van der Waals surface area contributed by atoms with Gasteiger partial charge < -0.3 is 4.98 Å². The Morgan fingerprint density at radius 2 is 2.20 bits per heavy atom. The standard InChI is InChI=1S/C8H5BrN6/c9-4-1-5-7(10-2-4)13-8(12-5)6-3-11-15-14-6/h1-3H,(H,10,12,13)(H,11,14,15). The number of fused-ring (bicyclic) bond motifs is 1. The Kier molecular flexibility index (Phi) is 1.78. The van der Waals surface area contributed by atoms with Gasteiger partial charge in [-0.05, 0) is 22.0 Å². The lowest BCUT2D eigenvalue weighted by Gasteiger charge is -1.86. The summed E-state index contributed by atoms with van der Waals surface area (Å²) in [6.45, 7) is 0. The van der Waals surface area contributed by atoms with Crippen LogP contribution in [0.2, 0.25) is 0 Å². The van der Waals surface area contributed by atoms with Gasteiger partial charge in [0.25, 0.3) is 0 Å². The van der Waals surface area contributed by atoms with E-state index in [0.717, 1.165) is 9.99 Å². The highest BCUT2D eigenvalue weighted by Crippen LogP contribution is 2.19. The number of imidazole rings is 1. The molecule has 3 heterocycles. The van der Waals surface area contributed by atoms with Crippen molar-refractivity contribution in [1.29, 1.82) is 0 Å². The molecule has 3 rings (SSSR count). The van der Waals surface area contributed by atoms with Crippen molar-refractivity contribution in [1.82, 2.24) is 30.4 Å². The molecular formula is C8H5BrN6. The maximum Gasteiger partial charge on any atom is 0.178 e. The highest BCUT2D eigenvalue weighted by molar-refractivity contribution is 9.10. The normalized spacial score (nSPS) is 11.0. The maximum absolute atomic E-state index is 4.29. The van der Waals surface area contributed by atoms with Crippen LogP contribution in [0.15, 0.2) is 22.9 Å². The summed E-state index contributed by atoms with van der Waals surface area (Å²) in [6, 6.07) is 1.92. The molecule has 0 spiro atoms. The maximum atomic E-state index is 4.29. The lowest BCUT2D eigenvalue weighted by atomic mass is 10.4. The first-order chi connectivity index (χ1) is 7.33. The molecule has 0 radical (unpaired) electrons. The zero-order chi connectivity index (χ0) is 10.3. The van der Waals surface area contributed by atoms with Crippen LogP contribution >= 0.6 is 15.9 Å². The molecule has 0 atom stereocenters. The number of rotatable bonds is 1. The van der Waals surface area contributed by atoms with Gasteiger partial charge in [0.05, 0.1) is 11.7 Å². The molecule has 3 aromatic rings. The summed E-state index contributed by atoms with van der Waals surface area (Å²) in [6.07, 6.45) is 3.31. The Labute approximate surface area is 92.3 Å². The molecule has 74 valence electrons. The van der Waals surface area contributed by atoms with Crippen molar-refractivity contribution in [2.45, 2.75) is 0 Å². The van der Waals surface area contributed by atoms with Gasteiger partial charge >= 0.3 is 0 Å². The van der Waals surface area contributed by atoms with Crippen molar-refractivity contribution in [2.75, 3.05) is 0 Å². The molecule has 0 aromatic carbocycles. The molecule has 0 saturated heterocycles. The topological polar surface area (TPSA) is 83.1 Å². The van der Waals surface area contributed by atoms with Gasteiger partial charge in [-0.15, -0.1) is 0 Å². The largest absolute Gasteiger partial charge is 0.335 e. The van der Waals surface area contributed by atoms with Crippen LogP contribution in [-0.2, 0) is 0 Å². The van der Waals surface area contributed by atoms with Gasteiger partial charge in [0.1, 0.15) is 5.69 Å². The summed E-state index contributed by atoms with van der Waals surface area (Å²) in [5, 5.41) is 10.2. The van der Waals surface area contributed by atoms with Crippen LogP contribution < -0.4 is 0 Å². The van der Waals surface area contributed by atoms with E-state index in [1.54, 1.807) is 12.4 Å². The molecule has 0 aliphatic rings. The zero-order valence-corrected chi connectivity index (χ0v) is 8.98. The number of aromatic nitrogens is 6. The third-order valence-electron chi connectivity index (χ3n) is 1.96. The van der Waals surface area contributed by atoms with E-state index >= 15 is 0 Å². The van der Waals surface area contributed by atoms with E-state index in [1.807, 2.05) is 6.07 Å². The number of aromatic amines is 2. The van der Waals surface area contributed by atoms with E-state index in [0.29, 0.717) is 17.2 Å². The average Bonchev–Trinajstić information content (AvgIpc) is 2.84. The Morgan fingerprint density at radius 1 is 1.27 bits per heavy atom. The van der Waals surface area contributed by atoms with Gasteiger partial charge in [-0.2, -0.15) is 15.4 Å². The molecule has 7 heteroatoms. The monoisotopic (exact) mass is 264 g/mol. The zero-order valence-electron chi connectivity index (χ0n) is 7.40. The van der Waals surface area contributed by atoms with Crippen LogP contribution in [-0.4, -0.2) is 30.4 Å². The first kappa shape index (κ1) is 8.54. The van der Waals surface area contributed by atoms with Crippen LogP contribution in [0.4, 0.5) is 0 Å². The Bertz CT molecular complexity index is 599. The van der Waals surface area contributed by atoms with Crippen molar-refractivity contribution < 1.29 is 0 Å².